The fraction of sp³-hybridized carbons (Fsp3) is 0.571. The van der Waals surface area contributed by atoms with Gasteiger partial charge in [-0.3, -0.25) is 0 Å². The molecule has 0 unspecified atom stereocenters. The molecule has 0 spiro atoms. The third-order valence-electron chi connectivity index (χ3n) is 3.64. The smallest absolute Gasteiger partial charge is 0.119 e. The summed E-state index contributed by atoms with van der Waals surface area (Å²) in [6, 6.07) is 3.43. The second-order valence-electron chi connectivity index (χ2n) is 4.89. The van der Waals surface area contributed by atoms with Crippen LogP contribution < -0.4 is 0 Å². The molecule has 0 saturated heterocycles. The second kappa shape index (κ2) is 4.77. The van der Waals surface area contributed by atoms with E-state index in [1.807, 2.05) is 6.92 Å². The van der Waals surface area contributed by atoms with Gasteiger partial charge in [-0.05, 0) is 43.4 Å². The van der Waals surface area contributed by atoms with Gasteiger partial charge in [0.1, 0.15) is 11.5 Å². The van der Waals surface area contributed by atoms with Crippen molar-refractivity contribution in [1.82, 2.24) is 0 Å². The first-order chi connectivity index (χ1) is 7.68. The average Bonchev–Trinajstić information content (AvgIpc) is 2.52. The Hall–Kier alpha value is -1.18. The van der Waals surface area contributed by atoms with Crippen LogP contribution in [0.25, 0.3) is 0 Å². The van der Waals surface area contributed by atoms with E-state index in [0.717, 1.165) is 24.0 Å². The van der Waals surface area contributed by atoms with Gasteiger partial charge in [0, 0.05) is 5.56 Å². The molecule has 0 radical (unpaired) electrons. The predicted octanol–water partition coefficient (Wildman–Crippen LogP) is 3.84. The fourth-order valence-corrected chi connectivity index (χ4v) is 2.61. The highest BCUT2D eigenvalue weighted by Crippen LogP contribution is 2.38. The number of hydrogen-bond acceptors (Lipinski definition) is 2. The predicted molar refractivity (Wildman–Crippen MR) is 65.0 cm³/mol. The van der Waals surface area contributed by atoms with Crippen LogP contribution in [-0.4, -0.2) is 10.2 Å². The number of phenols is 2. The van der Waals surface area contributed by atoms with Crippen molar-refractivity contribution in [1.29, 1.82) is 0 Å². The van der Waals surface area contributed by atoms with Crippen LogP contribution in [0.2, 0.25) is 0 Å². The van der Waals surface area contributed by atoms with Crippen LogP contribution >= 0.6 is 0 Å². The molecule has 1 saturated carbocycles. The topological polar surface area (TPSA) is 40.5 Å². The summed E-state index contributed by atoms with van der Waals surface area (Å²) in [7, 11) is 0. The lowest BCUT2D eigenvalue weighted by molar-refractivity contribution is 0.439. The van der Waals surface area contributed by atoms with Gasteiger partial charge in [-0.15, -0.1) is 0 Å². The van der Waals surface area contributed by atoms with Gasteiger partial charge in [0.15, 0.2) is 0 Å². The average molecular weight is 220 g/mol. The maximum atomic E-state index is 9.95. The third kappa shape index (κ3) is 2.31. The summed E-state index contributed by atoms with van der Waals surface area (Å²) in [4.78, 5) is 0. The molecular weight excluding hydrogens is 200 g/mol. The molecule has 0 aromatic heterocycles. The van der Waals surface area contributed by atoms with E-state index in [9.17, 15) is 10.2 Å². The first-order valence-electron chi connectivity index (χ1n) is 6.21. The molecule has 0 heterocycles. The van der Waals surface area contributed by atoms with Gasteiger partial charge in [-0.1, -0.05) is 25.7 Å². The van der Waals surface area contributed by atoms with Gasteiger partial charge in [0.25, 0.3) is 0 Å². The van der Waals surface area contributed by atoms with Crippen molar-refractivity contribution in [3.8, 4) is 11.5 Å². The Morgan fingerprint density at radius 1 is 0.938 bits per heavy atom. The van der Waals surface area contributed by atoms with Gasteiger partial charge in [-0.2, -0.15) is 0 Å². The van der Waals surface area contributed by atoms with E-state index in [0.29, 0.717) is 17.4 Å². The van der Waals surface area contributed by atoms with E-state index in [1.54, 1.807) is 12.1 Å². The van der Waals surface area contributed by atoms with Crippen LogP contribution in [-0.2, 0) is 0 Å². The molecule has 0 bridgehead atoms. The van der Waals surface area contributed by atoms with Gasteiger partial charge in [-0.25, -0.2) is 0 Å². The fourth-order valence-electron chi connectivity index (χ4n) is 2.61. The van der Waals surface area contributed by atoms with Crippen LogP contribution in [0, 0.1) is 6.92 Å². The van der Waals surface area contributed by atoms with Crippen molar-refractivity contribution in [2.24, 2.45) is 0 Å². The number of hydrogen-bond donors (Lipinski definition) is 2. The number of aromatic hydroxyl groups is 2. The molecule has 2 N–H and O–H groups in total. The van der Waals surface area contributed by atoms with Crippen molar-refractivity contribution in [2.45, 2.75) is 51.4 Å². The summed E-state index contributed by atoms with van der Waals surface area (Å²) in [5, 5.41) is 19.7. The SMILES string of the molecule is Cc1cc(O)c(C2CCCCCC2)cc1O. The molecule has 1 aromatic carbocycles. The van der Waals surface area contributed by atoms with Crippen LogP contribution in [0.15, 0.2) is 12.1 Å². The lowest BCUT2D eigenvalue weighted by Crippen LogP contribution is -1.98. The molecule has 1 fully saturated rings. The van der Waals surface area contributed by atoms with Gasteiger partial charge >= 0.3 is 0 Å². The lowest BCUT2D eigenvalue weighted by Gasteiger charge is -2.17. The van der Waals surface area contributed by atoms with E-state index in [4.69, 9.17) is 0 Å². The highest BCUT2D eigenvalue weighted by Gasteiger charge is 2.18. The van der Waals surface area contributed by atoms with E-state index in [2.05, 4.69) is 0 Å². The molecular formula is C14H20O2. The maximum absolute atomic E-state index is 9.95. The Balaban J connectivity index is 2.27. The van der Waals surface area contributed by atoms with Gasteiger partial charge in [0.05, 0.1) is 0 Å². The molecule has 88 valence electrons. The molecule has 1 aromatic rings. The molecule has 0 atom stereocenters. The Bertz CT molecular complexity index is 363. The van der Waals surface area contributed by atoms with E-state index < -0.39 is 0 Å². The molecule has 1 aliphatic rings. The normalized spacial score (nSPS) is 18.3. The van der Waals surface area contributed by atoms with Crippen molar-refractivity contribution < 1.29 is 10.2 Å². The van der Waals surface area contributed by atoms with Gasteiger partial charge < -0.3 is 10.2 Å². The van der Waals surface area contributed by atoms with Crippen LogP contribution in [0.1, 0.15) is 55.6 Å². The molecule has 2 nitrogen and oxygen atoms in total. The van der Waals surface area contributed by atoms with Crippen LogP contribution in [0.5, 0.6) is 11.5 Å². The van der Waals surface area contributed by atoms with E-state index in [1.165, 1.54) is 25.7 Å². The summed E-state index contributed by atoms with van der Waals surface area (Å²) in [6.45, 7) is 1.81. The second-order valence-corrected chi connectivity index (χ2v) is 4.89. The molecule has 16 heavy (non-hydrogen) atoms. The first kappa shape index (κ1) is 11.3. The molecule has 0 aliphatic heterocycles. The quantitative estimate of drug-likeness (QED) is 0.557. The summed E-state index contributed by atoms with van der Waals surface area (Å²) in [5.74, 6) is 1.08. The number of aryl methyl sites for hydroxylation is 1. The largest absolute Gasteiger partial charge is 0.508 e. The minimum Gasteiger partial charge on any atom is -0.508 e. The lowest BCUT2D eigenvalue weighted by atomic mass is 9.90. The van der Waals surface area contributed by atoms with Crippen molar-refractivity contribution in [2.75, 3.05) is 0 Å². The number of rotatable bonds is 1. The number of phenolic OH excluding ortho intramolecular Hbond substituents is 2. The molecule has 1 aliphatic carbocycles. The zero-order valence-corrected chi connectivity index (χ0v) is 9.87. The highest BCUT2D eigenvalue weighted by molar-refractivity contribution is 5.46. The van der Waals surface area contributed by atoms with Crippen molar-refractivity contribution >= 4 is 0 Å². The Morgan fingerprint density at radius 3 is 2.19 bits per heavy atom. The minimum absolute atomic E-state index is 0.303. The highest BCUT2D eigenvalue weighted by atomic mass is 16.3. The monoisotopic (exact) mass is 220 g/mol. The Morgan fingerprint density at radius 2 is 1.56 bits per heavy atom. The molecule has 0 amide bonds. The van der Waals surface area contributed by atoms with Crippen LogP contribution in [0.4, 0.5) is 0 Å². The minimum atomic E-state index is 0.303. The summed E-state index contributed by atoms with van der Waals surface area (Å²) >= 11 is 0. The van der Waals surface area contributed by atoms with E-state index >= 15 is 0 Å². The summed E-state index contributed by atoms with van der Waals surface area (Å²) in [6.07, 6.45) is 7.34. The standard InChI is InChI=1S/C14H20O2/c1-10-8-14(16)12(9-13(10)15)11-6-4-2-3-5-7-11/h8-9,11,15-16H,2-7H2,1H3. The Labute approximate surface area is 96.9 Å². The molecule has 2 rings (SSSR count). The van der Waals surface area contributed by atoms with Gasteiger partial charge in [0.2, 0.25) is 0 Å². The third-order valence-corrected chi connectivity index (χ3v) is 3.64. The van der Waals surface area contributed by atoms with Crippen molar-refractivity contribution in [3.05, 3.63) is 23.3 Å². The van der Waals surface area contributed by atoms with Crippen molar-refractivity contribution in [3.63, 3.8) is 0 Å². The zero-order chi connectivity index (χ0) is 11.5. The van der Waals surface area contributed by atoms with E-state index in [-0.39, 0.29) is 0 Å². The number of benzene rings is 1. The maximum Gasteiger partial charge on any atom is 0.119 e. The summed E-state index contributed by atoms with van der Waals surface area (Å²) in [5.41, 5.74) is 1.68. The van der Waals surface area contributed by atoms with Crippen LogP contribution in [0.3, 0.4) is 0 Å². The Kier molecular flexibility index (Phi) is 3.37. The summed E-state index contributed by atoms with van der Waals surface area (Å²) < 4.78 is 0. The zero-order valence-electron chi connectivity index (χ0n) is 9.87. The first-order valence-corrected chi connectivity index (χ1v) is 6.21. The molecule has 2 heteroatoms.